The number of pyridine rings is 1. The van der Waals surface area contributed by atoms with Gasteiger partial charge in [0.2, 0.25) is 0 Å². The molecule has 0 aliphatic rings. The normalized spacial score (nSPS) is 11.0. The summed E-state index contributed by atoms with van der Waals surface area (Å²) >= 11 is 0. The number of carbonyl (C=O) groups excluding carboxylic acids is 1. The van der Waals surface area contributed by atoms with Crippen LogP contribution in [0.1, 0.15) is 48.3 Å². The van der Waals surface area contributed by atoms with Gasteiger partial charge in [0.15, 0.2) is 0 Å². The van der Waals surface area contributed by atoms with Crippen molar-refractivity contribution in [2.24, 2.45) is 0 Å². The summed E-state index contributed by atoms with van der Waals surface area (Å²) in [5.41, 5.74) is 3.39. The average molecular weight is 349 g/mol. The van der Waals surface area contributed by atoms with Crippen LogP contribution in [0.5, 0.6) is 11.5 Å². The maximum absolute atomic E-state index is 12.0. The van der Waals surface area contributed by atoms with Gasteiger partial charge < -0.3 is 9.47 Å². The smallest absolute Gasteiger partial charge is 0.338 e. The summed E-state index contributed by atoms with van der Waals surface area (Å²) in [5.74, 6) is 1.56. The van der Waals surface area contributed by atoms with Gasteiger partial charge in [-0.25, -0.2) is 4.79 Å². The van der Waals surface area contributed by atoms with Gasteiger partial charge in [0.1, 0.15) is 11.5 Å². The Labute approximate surface area is 153 Å². The highest BCUT2D eigenvalue weighted by Gasteiger charge is 2.12. The van der Waals surface area contributed by atoms with Crippen molar-refractivity contribution >= 4 is 16.9 Å². The Hall–Kier alpha value is -2.88. The zero-order chi connectivity index (χ0) is 18.7. The van der Waals surface area contributed by atoms with Gasteiger partial charge in [-0.1, -0.05) is 26.0 Å². The van der Waals surface area contributed by atoms with Crippen molar-refractivity contribution in [3.8, 4) is 11.5 Å². The Balaban J connectivity index is 2.00. The van der Waals surface area contributed by atoms with Crippen molar-refractivity contribution in [2.75, 3.05) is 6.61 Å². The first-order chi connectivity index (χ1) is 12.5. The Morgan fingerprint density at radius 3 is 2.46 bits per heavy atom. The van der Waals surface area contributed by atoms with Crippen LogP contribution in [0.15, 0.2) is 48.5 Å². The molecule has 3 aromatic rings. The minimum atomic E-state index is -0.345. The molecule has 0 saturated heterocycles. The maximum atomic E-state index is 12.0. The van der Waals surface area contributed by atoms with E-state index < -0.39 is 0 Å². The van der Waals surface area contributed by atoms with Crippen molar-refractivity contribution < 1.29 is 14.3 Å². The predicted octanol–water partition coefficient (Wildman–Crippen LogP) is 5.64. The predicted molar refractivity (Wildman–Crippen MR) is 103 cm³/mol. The SMILES string of the molecule is CCOC(=O)c1ccc2nc(C)cc(Oc3ccc(C(C)C)cc3)c2c1. The van der Waals surface area contributed by atoms with E-state index in [9.17, 15) is 4.79 Å². The van der Waals surface area contributed by atoms with Crippen LogP contribution in [0.25, 0.3) is 10.9 Å². The second kappa shape index (κ2) is 7.56. The van der Waals surface area contributed by atoms with E-state index in [-0.39, 0.29) is 5.97 Å². The molecule has 26 heavy (non-hydrogen) atoms. The van der Waals surface area contributed by atoms with Crippen molar-refractivity contribution in [1.29, 1.82) is 0 Å². The summed E-state index contributed by atoms with van der Waals surface area (Å²) in [6, 6.07) is 15.3. The Kier molecular flexibility index (Phi) is 5.21. The van der Waals surface area contributed by atoms with Crippen LogP contribution in [-0.2, 0) is 4.74 Å². The fourth-order valence-corrected chi connectivity index (χ4v) is 2.79. The van der Waals surface area contributed by atoms with Gasteiger partial charge in [-0.2, -0.15) is 0 Å². The lowest BCUT2D eigenvalue weighted by molar-refractivity contribution is 0.0526. The number of rotatable bonds is 5. The summed E-state index contributed by atoms with van der Waals surface area (Å²) in [7, 11) is 0. The first-order valence-electron chi connectivity index (χ1n) is 8.84. The van der Waals surface area contributed by atoms with E-state index in [2.05, 4.69) is 31.0 Å². The number of hydrogen-bond acceptors (Lipinski definition) is 4. The van der Waals surface area contributed by atoms with Gasteiger partial charge in [0.05, 0.1) is 17.7 Å². The topological polar surface area (TPSA) is 48.4 Å². The summed E-state index contributed by atoms with van der Waals surface area (Å²) in [6.45, 7) is 8.38. The molecule has 0 radical (unpaired) electrons. The lowest BCUT2D eigenvalue weighted by atomic mass is 10.0. The zero-order valence-corrected chi connectivity index (χ0v) is 15.6. The lowest BCUT2D eigenvalue weighted by Gasteiger charge is -2.12. The maximum Gasteiger partial charge on any atom is 0.338 e. The molecule has 0 spiro atoms. The highest BCUT2D eigenvalue weighted by Crippen LogP contribution is 2.31. The van der Waals surface area contributed by atoms with Crippen molar-refractivity contribution in [3.05, 3.63) is 65.4 Å². The number of ether oxygens (including phenoxy) is 2. The molecule has 0 bridgehead atoms. The third-order valence-electron chi connectivity index (χ3n) is 4.18. The molecule has 0 amide bonds. The third kappa shape index (κ3) is 3.85. The molecule has 3 rings (SSSR count). The van der Waals surface area contributed by atoms with Crippen LogP contribution < -0.4 is 4.74 Å². The minimum Gasteiger partial charge on any atom is -0.462 e. The van der Waals surface area contributed by atoms with Crippen LogP contribution in [0.4, 0.5) is 0 Å². The van der Waals surface area contributed by atoms with Crippen LogP contribution in [0.2, 0.25) is 0 Å². The fraction of sp³-hybridized carbons (Fsp3) is 0.273. The highest BCUT2D eigenvalue weighted by molar-refractivity contribution is 5.96. The molecule has 0 atom stereocenters. The molecule has 0 fully saturated rings. The molecular formula is C22H23NO3. The lowest BCUT2D eigenvalue weighted by Crippen LogP contribution is -2.04. The molecule has 0 saturated carbocycles. The van der Waals surface area contributed by atoms with Crippen LogP contribution >= 0.6 is 0 Å². The number of esters is 1. The fourth-order valence-electron chi connectivity index (χ4n) is 2.79. The van der Waals surface area contributed by atoms with Gasteiger partial charge in [0, 0.05) is 17.1 Å². The van der Waals surface area contributed by atoms with Crippen LogP contribution in [0, 0.1) is 6.92 Å². The van der Waals surface area contributed by atoms with Gasteiger partial charge in [0.25, 0.3) is 0 Å². The molecule has 4 heteroatoms. The van der Waals surface area contributed by atoms with Crippen molar-refractivity contribution in [2.45, 2.75) is 33.6 Å². The van der Waals surface area contributed by atoms with E-state index in [1.165, 1.54) is 5.56 Å². The summed E-state index contributed by atoms with van der Waals surface area (Å²) in [4.78, 5) is 16.6. The van der Waals surface area contributed by atoms with Crippen molar-refractivity contribution in [1.82, 2.24) is 4.98 Å². The van der Waals surface area contributed by atoms with Crippen LogP contribution in [0.3, 0.4) is 0 Å². The summed E-state index contributed by atoms with van der Waals surface area (Å²) < 4.78 is 11.2. The molecule has 0 aliphatic heterocycles. The second-order valence-electron chi connectivity index (χ2n) is 6.54. The minimum absolute atomic E-state index is 0.342. The van der Waals surface area contributed by atoms with Gasteiger partial charge in [-0.05, 0) is 55.7 Å². The molecule has 4 nitrogen and oxygen atoms in total. The zero-order valence-electron chi connectivity index (χ0n) is 15.6. The molecule has 134 valence electrons. The van der Waals surface area contributed by atoms with Gasteiger partial charge in [-0.3, -0.25) is 4.98 Å². The molecule has 0 aliphatic carbocycles. The van der Waals surface area contributed by atoms with E-state index in [1.807, 2.05) is 31.2 Å². The standard InChI is InChI=1S/C22H23NO3/c1-5-25-22(24)17-8-11-20-19(13-17)21(12-15(4)23-20)26-18-9-6-16(7-10-18)14(2)3/h6-14H,5H2,1-4H3. The second-order valence-corrected chi connectivity index (χ2v) is 6.54. The summed E-state index contributed by atoms with van der Waals surface area (Å²) in [5, 5.41) is 0.786. The number of hydrogen-bond donors (Lipinski definition) is 0. The van der Waals surface area contributed by atoms with Crippen LogP contribution in [-0.4, -0.2) is 17.6 Å². The average Bonchev–Trinajstić information content (AvgIpc) is 2.62. The molecule has 0 unspecified atom stereocenters. The largest absolute Gasteiger partial charge is 0.462 e. The first kappa shape index (κ1) is 17.9. The van der Waals surface area contributed by atoms with E-state index in [1.54, 1.807) is 19.1 Å². The quantitative estimate of drug-likeness (QED) is 0.560. The number of fused-ring (bicyclic) bond motifs is 1. The molecule has 2 aromatic carbocycles. The number of carbonyl (C=O) groups is 1. The molecule has 1 heterocycles. The van der Waals surface area contributed by atoms with E-state index in [0.29, 0.717) is 23.8 Å². The molecule has 0 N–H and O–H groups in total. The molecular weight excluding hydrogens is 326 g/mol. The Morgan fingerprint density at radius 1 is 1.08 bits per heavy atom. The number of nitrogens with zero attached hydrogens (tertiary/aromatic N) is 1. The Bertz CT molecular complexity index is 930. The Morgan fingerprint density at radius 2 is 1.81 bits per heavy atom. The molecule has 1 aromatic heterocycles. The van der Waals surface area contributed by atoms with Crippen molar-refractivity contribution in [3.63, 3.8) is 0 Å². The van der Waals surface area contributed by atoms with E-state index in [4.69, 9.17) is 9.47 Å². The number of benzene rings is 2. The van der Waals surface area contributed by atoms with E-state index >= 15 is 0 Å². The third-order valence-corrected chi connectivity index (χ3v) is 4.18. The monoisotopic (exact) mass is 349 g/mol. The van der Waals surface area contributed by atoms with E-state index in [0.717, 1.165) is 22.3 Å². The number of aryl methyl sites for hydroxylation is 1. The first-order valence-corrected chi connectivity index (χ1v) is 8.84. The highest BCUT2D eigenvalue weighted by atomic mass is 16.5. The summed E-state index contributed by atoms with van der Waals surface area (Å²) in [6.07, 6.45) is 0. The van der Waals surface area contributed by atoms with Gasteiger partial charge >= 0.3 is 5.97 Å². The number of aromatic nitrogens is 1. The van der Waals surface area contributed by atoms with Gasteiger partial charge in [-0.15, -0.1) is 0 Å².